The zero-order chi connectivity index (χ0) is 22.8. The summed E-state index contributed by atoms with van der Waals surface area (Å²) in [6.45, 7) is 9.00. The van der Waals surface area contributed by atoms with E-state index in [1.807, 2.05) is 27.7 Å². The molecule has 164 valence electrons. The highest BCUT2D eigenvalue weighted by atomic mass is 32.2. The molecule has 0 atom stereocenters. The number of rotatable bonds is 8. The fourth-order valence-corrected chi connectivity index (χ4v) is 3.93. The number of nitrogens with two attached hydrogens (primary N) is 1. The van der Waals surface area contributed by atoms with E-state index in [4.69, 9.17) is 18.8 Å². The molecule has 30 heavy (non-hydrogen) atoms. The minimum Gasteiger partial charge on any atom is -0.497 e. The zero-order valence-corrected chi connectivity index (χ0v) is 19.2. The van der Waals surface area contributed by atoms with Crippen LogP contribution in [-0.4, -0.2) is 28.4 Å². The van der Waals surface area contributed by atoms with Gasteiger partial charge in [-0.2, -0.15) is 13.6 Å². The molecule has 0 aliphatic rings. The molecule has 0 heterocycles. The minimum absolute atomic E-state index is 0.101. The predicted octanol–water partition coefficient (Wildman–Crippen LogP) is 4.40. The third-order valence-electron chi connectivity index (χ3n) is 4.79. The molecule has 0 amide bonds. The maximum absolute atomic E-state index is 12.8. The zero-order valence-electron chi connectivity index (χ0n) is 18.4. The fourth-order valence-electron chi connectivity index (χ4n) is 3.51. The van der Waals surface area contributed by atoms with E-state index in [9.17, 15) is 13.2 Å². The van der Waals surface area contributed by atoms with Crippen LogP contribution in [-0.2, 0) is 10.3 Å². The van der Waals surface area contributed by atoms with Gasteiger partial charge in [0.1, 0.15) is 11.5 Å². The van der Waals surface area contributed by atoms with Crippen molar-refractivity contribution in [2.45, 2.75) is 46.5 Å². The number of Topliss-reactive ketones (excluding diaryl/α,β-unsaturated/α-hetero) is 1. The fraction of sp³-hybridized carbons (Fsp3) is 0.409. The average molecular weight is 436 g/mol. The van der Waals surface area contributed by atoms with Crippen molar-refractivity contribution in [3.63, 3.8) is 0 Å². The summed E-state index contributed by atoms with van der Waals surface area (Å²) in [4.78, 5) is 12.8. The molecule has 0 radical (unpaired) electrons. The quantitative estimate of drug-likeness (QED) is 0.616. The molecule has 0 saturated heterocycles. The van der Waals surface area contributed by atoms with Crippen LogP contribution in [0.3, 0.4) is 0 Å². The van der Waals surface area contributed by atoms with Crippen molar-refractivity contribution < 1.29 is 26.9 Å². The summed E-state index contributed by atoms with van der Waals surface area (Å²) in [5, 5.41) is 5.19. The van der Waals surface area contributed by atoms with E-state index in [2.05, 4.69) is 0 Å². The third kappa shape index (κ3) is 4.94. The van der Waals surface area contributed by atoms with Crippen LogP contribution in [0.15, 0.2) is 24.3 Å². The van der Waals surface area contributed by atoms with Gasteiger partial charge in [0.25, 0.3) is 0 Å². The second-order valence-electron chi connectivity index (χ2n) is 7.64. The van der Waals surface area contributed by atoms with Crippen molar-refractivity contribution in [1.29, 1.82) is 0 Å². The standard InChI is InChI=1S/C22H29NO6S/c1-12(2)16-11-18(17-10-15(27-6)8-9-19(17)28-7)21(14(5)24)20(13(3)4)22(16)29-30(23,25)26/h8-13H,1-7H3,(H2,23,25,26). The maximum atomic E-state index is 12.8. The molecular formula is C22H29NO6S. The summed E-state index contributed by atoms with van der Waals surface area (Å²) in [5.74, 6) is 0.724. The first-order chi connectivity index (χ1) is 13.9. The first-order valence-electron chi connectivity index (χ1n) is 9.57. The maximum Gasteiger partial charge on any atom is 0.380 e. The number of ether oxygens (including phenoxy) is 2. The van der Waals surface area contributed by atoms with Crippen molar-refractivity contribution in [3.05, 3.63) is 41.0 Å². The van der Waals surface area contributed by atoms with E-state index in [-0.39, 0.29) is 23.4 Å². The normalized spacial score (nSPS) is 11.7. The highest BCUT2D eigenvalue weighted by Crippen LogP contribution is 2.45. The van der Waals surface area contributed by atoms with Crippen LogP contribution >= 0.6 is 0 Å². The van der Waals surface area contributed by atoms with Gasteiger partial charge >= 0.3 is 10.3 Å². The lowest BCUT2D eigenvalue weighted by Gasteiger charge is -2.25. The van der Waals surface area contributed by atoms with Gasteiger partial charge in [0, 0.05) is 16.7 Å². The number of carbonyl (C=O) groups excluding carboxylic acids is 1. The van der Waals surface area contributed by atoms with Gasteiger partial charge in [0.2, 0.25) is 0 Å². The van der Waals surface area contributed by atoms with Crippen LogP contribution in [0, 0.1) is 0 Å². The van der Waals surface area contributed by atoms with Crippen LogP contribution in [0.2, 0.25) is 0 Å². The highest BCUT2D eigenvalue weighted by Gasteiger charge is 2.29. The number of ketones is 1. The molecule has 0 aliphatic heterocycles. The number of hydrogen-bond acceptors (Lipinski definition) is 6. The topological polar surface area (TPSA) is 105 Å². The summed E-state index contributed by atoms with van der Waals surface area (Å²) in [6, 6.07) is 7.08. The Labute approximate surface area is 178 Å². The van der Waals surface area contributed by atoms with Gasteiger partial charge < -0.3 is 13.7 Å². The number of hydrogen-bond donors (Lipinski definition) is 1. The predicted molar refractivity (Wildman–Crippen MR) is 117 cm³/mol. The minimum atomic E-state index is -4.29. The van der Waals surface area contributed by atoms with Crippen LogP contribution in [0.5, 0.6) is 17.2 Å². The summed E-state index contributed by atoms with van der Waals surface area (Å²) in [7, 11) is -1.19. The van der Waals surface area contributed by atoms with Crippen molar-refractivity contribution in [2.24, 2.45) is 5.14 Å². The molecule has 0 aliphatic carbocycles. The third-order valence-corrected chi connectivity index (χ3v) is 5.19. The number of carbonyl (C=O) groups is 1. The molecule has 0 spiro atoms. The van der Waals surface area contributed by atoms with Crippen molar-refractivity contribution in [3.8, 4) is 28.4 Å². The van der Waals surface area contributed by atoms with Gasteiger partial charge in [-0.25, -0.2) is 0 Å². The smallest absolute Gasteiger partial charge is 0.380 e. The first-order valence-corrected chi connectivity index (χ1v) is 11.0. The molecule has 0 unspecified atom stereocenters. The summed E-state index contributed by atoms with van der Waals surface area (Å²) < 4.78 is 39.7. The van der Waals surface area contributed by atoms with E-state index in [0.29, 0.717) is 39.3 Å². The Bertz CT molecular complexity index is 1060. The second-order valence-corrected chi connectivity index (χ2v) is 8.79. The van der Waals surface area contributed by atoms with Crippen molar-refractivity contribution in [1.82, 2.24) is 0 Å². The molecule has 2 aromatic rings. The Kier molecular flexibility index (Phi) is 7.15. The molecule has 7 nitrogen and oxygen atoms in total. The Morgan fingerprint density at radius 2 is 1.60 bits per heavy atom. The highest BCUT2D eigenvalue weighted by molar-refractivity contribution is 7.84. The van der Waals surface area contributed by atoms with E-state index in [1.165, 1.54) is 6.92 Å². The van der Waals surface area contributed by atoms with Gasteiger partial charge in [0.05, 0.1) is 14.2 Å². The van der Waals surface area contributed by atoms with Crippen LogP contribution < -0.4 is 18.8 Å². The van der Waals surface area contributed by atoms with Gasteiger partial charge in [0.15, 0.2) is 11.5 Å². The summed E-state index contributed by atoms with van der Waals surface area (Å²) in [5.41, 5.74) is 2.75. The molecule has 2 aromatic carbocycles. The number of methoxy groups -OCH3 is 2. The van der Waals surface area contributed by atoms with Crippen LogP contribution in [0.25, 0.3) is 11.1 Å². The largest absolute Gasteiger partial charge is 0.497 e. The Hall–Kier alpha value is -2.58. The second kappa shape index (κ2) is 9.06. The van der Waals surface area contributed by atoms with Crippen LogP contribution in [0.1, 0.15) is 67.9 Å². The van der Waals surface area contributed by atoms with E-state index in [0.717, 1.165) is 0 Å². The van der Waals surface area contributed by atoms with E-state index < -0.39 is 10.3 Å². The van der Waals surface area contributed by atoms with Crippen molar-refractivity contribution in [2.75, 3.05) is 14.2 Å². The van der Waals surface area contributed by atoms with Crippen LogP contribution in [0.4, 0.5) is 0 Å². The molecule has 2 rings (SSSR count). The average Bonchev–Trinajstić information content (AvgIpc) is 2.64. The lowest BCUT2D eigenvalue weighted by molar-refractivity contribution is 0.101. The monoisotopic (exact) mass is 435 g/mol. The molecule has 0 saturated carbocycles. The molecule has 0 fully saturated rings. The van der Waals surface area contributed by atoms with Crippen molar-refractivity contribution >= 4 is 16.1 Å². The molecule has 2 N–H and O–H groups in total. The SMILES string of the molecule is COc1ccc(OC)c(-c2cc(C(C)C)c(OS(N)(=O)=O)c(C(C)C)c2C(C)=O)c1. The van der Waals surface area contributed by atoms with Gasteiger partial charge in [-0.3, -0.25) is 4.79 Å². The molecule has 8 heteroatoms. The van der Waals surface area contributed by atoms with Gasteiger partial charge in [-0.1, -0.05) is 27.7 Å². The Morgan fingerprint density at radius 1 is 0.967 bits per heavy atom. The Morgan fingerprint density at radius 3 is 2.03 bits per heavy atom. The lowest BCUT2D eigenvalue weighted by Crippen LogP contribution is -2.22. The summed E-state index contributed by atoms with van der Waals surface area (Å²) >= 11 is 0. The van der Waals surface area contributed by atoms with E-state index in [1.54, 1.807) is 38.5 Å². The molecular weight excluding hydrogens is 406 g/mol. The lowest BCUT2D eigenvalue weighted by atomic mass is 9.83. The van der Waals surface area contributed by atoms with E-state index >= 15 is 0 Å². The van der Waals surface area contributed by atoms with Gasteiger partial charge in [-0.05, 0) is 54.2 Å². The number of benzene rings is 2. The Balaban J connectivity index is 3.08. The molecule has 0 aromatic heterocycles. The first kappa shape index (κ1) is 23.7. The van der Waals surface area contributed by atoms with Gasteiger partial charge in [-0.15, -0.1) is 0 Å². The molecule has 0 bridgehead atoms. The summed E-state index contributed by atoms with van der Waals surface area (Å²) in [6.07, 6.45) is 0.